The molecule has 26 heavy (non-hydrogen) atoms. The van der Waals surface area contributed by atoms with Crippen LogP contribution in [0.4, 0.5) is 0 Å². The van der Waals surface area contributed by atoms with E-state index >= 15 is 0 Å². The second-order valence-corrected chi connectivity index (χ2v) is 5.70. The van der Waals surface area contributed by atoms with Gasteiger partial charge >= 0.3 is 0 Å². The zero-order valence-electron chi connectivity index (χ0n) is 14.4. The summed E-state index contributed by atoms with van der Waals surface area (Å²) in [5.74, 6) is 0.907. The van der Waals surface area contributed by atoms with Crippen molar-refractivity contribution in [2.75, 3.05) is 13.2 Å². The molecule has 4 nitrogen and oxygen atoms in total. The SMILES string of the molecule is O/C(=C\c1ccccn1)c1ccc(OCCOCc2ccccc2)cc1. The average Bonchev–Trinajstić information content (AvgIpc) is 2.70. The van der Waals surface area contributed by atoms with E-state index in [9.17, 15) is 5.11 Å². The third-order valence-electron chi connectivity index (χ3n) is 3.73. The first-order chi connectivity index (χ1) is 12.8. The maximum atomic E-state index is 10.2. The fraction of sp³-hybridized carbons (Fsp3) is 0.136. The van der Waals surface area contributed by atoms with E-state index in [4.69, 9.17) is 9.47 Å². The Bertz CT molecular complexity index is 815. The van der Waals surface area contributed by atoms with E-state index in [-0.39, 0.29) is 5.76 Å². The molecule has 132 valence electrons. The van der Waals surface area contributed by atoms with Crippen molar-refractivity contribution in [2.24, 2.45) is 0 Å². The molecule has 3 aromatic rings. The molecule has 0 aliphatic rings. The van der Waals surface area contributed by atoms with E-state index in [1.54, 1.807) is 12.3 Å². The van der Waals surface area contributed by atoms with Gasteiger partial charge in [0.25, 0.3) is 0 Å². The van der Waals surface area contributed by atoms with Gasteiger partial charge in [0.2, 0.25) is 0 Å². The summed E-state index contributed by atoms with van der Waals surface area (Å²) in [5, 5.41) is 10.2. The van der Waals surface area contributed by atoms with E-state index in [1.807, 2.05) is 72.8 Å². The summed E-state index contributed by atoms with van der Waals surface area (Å²) >= 11 is 0. The molecule has 0 saturated heterocycles. The van der Waals surface area contributed by atoms with Gasteiger partial charge in [-0.2, -0.15) is 0 Å². The molecule has 0 amide bonds. The highest BCUT2D eigenvalue weighted by Gasteiger charge is 2.01. The first kappa shape index (κ1) is 17.7. The first-order valence-corrected chi connectivity index (χ1v) is 8.48. The molecular formula is C22H21NO3. The second kappa shape index (κ2) is 9.39. The van der Waals surface area contributed by atoms with Crippen molar-refractivity contribution < 1.29 is 14.6 Å². The molecule has 1 heterocycles. The van der Waals surface area contributed by atoms with Crippen LogP contribution in [0, 0.1) is 0 Å². The third kappa shape index (κ3) is 5.46. The van der Waals surface area contributed by atoms with Gasteiger partial charge in [-0.05, 0) is 42.0 Å². The smallest absolute Gasteiger partial charge is 0.124 e. The molecular weight excluding hydrogens is 326 g/mol. The van der Waals surface area contributed by atoms with Crippen molar-refractivity contribution in [3.63, 3.8) is 0 Å². The van der Waals surface area contributed by atoms with E-state index in [0.717, 1.165) is 11.3 Å². The molecule has 1 aromatic heterocycles. The maximum Gasteiger partial charge on any atom is 0.124 e. The van der Waals surface area contributed by atoms with E-state index in [0.29, 0.717) is 31.1 Å². The number of benzene rings is 2. The maximum absolute atomic E-state index is 10.2. The summed E-state index contributed by atoms with van der Waals surface area (Å²) in [7, 11) is 0. The highest BCUT2D eigenvalue weighted by molar-refractivity contribution is 5.75. The van der Waals surface area contributed by atoms with Gasteiger partial charge in [-0.25, -0.2) is 0 Å². The Balaban J connectivity index is 1.45. The highest BCUT2D eigenvalue weighted by Crippen LogP contribution is 2.18. The van der Waals surface area contributed by atoms with Gasteiger partial charge in [-0.1, -0.05) is 36.4 Å². The Morgan fingerprint density at radius 1 is 0.885 bits per heavy atom. The number of hydrogen-bond donors (Lipinski definition) is 1. The molecule has 3 rings (SSSR count). The number of aliphatic hydroxyl groups is 1. The quantitative estimate of drug-likeness (QED) is 0.473. The van der Waals surface area contributed by atoms with Crippen LogP contribution in [-0.2, 0) is 11.3 Å². The van der Waals surface area contributed by atoms with Crippen LogP contribution in [0.1, 0.15) is 16.8 Å². The fourth-order valence-corrected chi connectivity index (χ4v) is 2.39. The highest BCUT2D eigenvalue weighted by atomic mass is 16.5. The summed E-state index contributed by atoms with van der Waals surface area (Å²) in [4.78, 5) is 4.17. The zero-order chi connectivity index (χ0) is 18.0. The van der Waals surface area contributed by atoms with Crippen LogP contribution >= 0.6 is 0 Å². The Labute approximate surface area is 153 Å². The molecule has 2 aromatic carbocycles. The number of aliphatic hydroxyl groups excluding tert-OH is 1. The lowest BCUT2D eigenvalue weighted by Crippen LogP contribution is -2.06. The van der Waals surface area contributed by atoms with Crippen molar-refractivity contribution in [1.82, 2.24) is 4.98 Å². The van der Waals surface area contributed by atoms with Crippen LogP contribution in [0.5, 0.6) is 5.75 Å². The van der Waals surface area contributed by atoms with Crippen LogP contribution in [0.15, 0.2) is 79.0 Å². The van der Waals surface area contributed by atoms with Crippen LogP contribution in [0.2, 0.25) is 0 Å². The lowest BCUT2D eigenvalue weighted by Gasteiger charge is -2.08. The van der Waals surface area contributed by atoms with Crippen molar-refractivity contribution in [3.8, 4) is 5.75 Å². The third-order valence-corrected chi connectivity index (χ3v) is 3.73. The van der Waals surface area contributed by atoms with Crippen LogP contribution in [0.25, 0.3) is 11.8 Å². The minimum Gasteiger partial charge on any atom is -0.507 e. The van der Waals surface area contributed by atoms with Crippen molar-refractivity contribution in [3.05, 3.63) is 95.8 Å². The van der Waals surface area contributed by atoms with Gasteiger partial charge in [-0.3, -0.25) is 4.98 Å². The normalized spacial score (nSPS) is 11.3. The standard InChI is InChI=1S/C22H21NO3/c24-22(16-20-8-4-5-13-23-20)19-9-11-21(12-10-19)26-15-14-25-17-18-6-2-1-3-7-18/h1-13,16,24H,14-15,17H2/b22-16-. The molecule has 0 saturated carbocycles. The number of nitrogens with zero attached hydrogens (tertiary/aromatic N) is 1. The fourth-order valence-electron chi connectivity index (χ4n) is 2.39. The summed E-state index contributed by atoms with van der Waals surface area (Å²) in [5.41, 5.74) is 2.57. The van der Waals surface area contributed by atoms with Crippen LogP contribution in [-0.4, -0.2) is 23.3 Å². The van der Waals surface area contributed by atoms with Gasteiger partial charge < -0.3 is 14.6 Å². The number of aromatic nitrogens is 1. The summed E-state index contributed by atoms with van der Waals surface area (Å²) in [6, 6.07) is 22.9. The molecule has 0 bridgehead atoms. The predicted octanol–water partition coefficient (Wildman–Crippen LogP) is 4.73. The Hall–Kier alpha value is -3.11. The molecule has 4 heteroatoms. The number of pyridine rings is 1. The van der Waals surface area contributed by atoms with Crippen LogP contribution in [0.3, 0.4) is 0 Å². The largest absolute Gasteiger partial charge is 0.507 e. The van der Waals surface area contributed by atoms with Gasteiger partial charge in [0.1, 0.15) is 18.1 Å². The van der Waals surface area contributed by atoms with Gasteiger partial charge in [0.15, 0.2) is 0 Å². The summed E-state index contributed by atoms with van der Waals surface area (Å²) < 4.78 is 11.2. The summed E-state index contributed by atoms with van der Waals surface area (Å²) in [6.45, 7) is 1.57. The lowest BCUT2D eigenvalue weighted by atomic mass is 10.1. The molecule has 1 N–H and O–H groups in total. The summed E-state index contributed by atoms with van der Waals surface area (Å²) in [6.07, 6.45) is 3.32. The Morgan fingerprint density at radius 3 is 2.38 bits per heavy atom. The van der Waals surface area contributed by atoms with Crippen molar-refractivity contribution >= 4 is 11.8 Å². The van der Waals surface area contributed by atoms with E-state index in [2.05, 4.69) is 4.98 Å². The van der Waals surface area contributed by atoms with Crippen molar-refractivity contribution in [2.45, 2.75) is 6.61 Å². The lowest BCUT2D eigenvalue weighted by molar-refractivity contribution is 0.0889. The van der Waals surface area contributed by atoms with E-state index < -0.39 is 0 Å². The molecule has 0 unspecified atom stereocenters. The molecule has 0 radical (unpaired) electrons. The van der Waals surface area contributed by atoms with Gasteiger partial charge in [-0.15, -0.1) is 0 Å². The van der Waals surface area contributed by atoms with Crippen molar-refractivity contribution in [1.29, 1.82) is 0 Å². The molecule has 0 aliphatic carbocycles. The van der Waals surface area contributed by atoms with Gasteiger partial charge in [0.05, 0.1) is 18.9 Å². The first-order valence-electron chi connectivity index (χ1n) is 8.48. The molecule has 0 atom stereocenters. The monoisotopic (exact) mass is 347 g/mol. The second-order valence-electron chi connectivity index (χ2n) is 5.70. The predicted molar refractivity (Wildman–Crippen MR) is 103 cm³/mol. The Kier molecular flexibility index (Phi) is 6.40. The number of hydrogen-bond acceptors (Lipinski definition) is 4. The average molecular weight is 347 g/mol. The number of rotatable bonds is 8. The molecule has 0 fully saturated rings. The number of ether oxygens (including phenoxy) is 2. The molecule has 0 spiro atoms. The zero-order valence-corrected chi connectivity index (χ0v) is 14.4. The van der Waals surface area contributed by atoms with Gasteiger partial charge in [0, 0.05) is 17.8 Å². The van der Waals surface area contributed by atoms with Crippen LogP contribution < -0.4 is 4.74 Å². The topological polar surface area (TPSA) is 51.6 Å². The Morgan fingerprint density at radius 2 is 1.65 bits per heavy atom. The minimum atomic E-state index is 0.168. The molecule has 0 aliphatic heterocycles. The van der Waals surface area contributed by atoms with E-state index in [1.165, 1.54) is 0 Å². The minimum absolute atomic E-state index is 0.168.